The Morgan fingerprint density at radius 3 is 2.47 bits per heavy atom. The second-order valence-electron chi connectivity index (χ2n) is 3.01. The topological polar surface area (TPSA) is 9.23 Å². The molecule has 0 bridgehead atoms. The molecule has 70 valence electrons. The average Bonchev–Trinajstić information content (AvgIpc) is 2.30. The molecule has 15 heavy (non-hydrogen) atoms. The van der Waals surface area contributed by atoms with E-state index in [0.717, 1.165) is 16.9 Å². The number of methoxy groups -OCH3 is 1. The Kier molecular flexibility index (Phi) is 4.49. The molecule has 0 aliphatic carbocycles. The molecule has 0 amide bonds. The van der Waals surface area contributed by atoms with Gasteiger partial charge in [-0.1, -0.05) is 35.9 Å². The molecule has 0 unspecified atom stereocenters. The molecule has 0 saturated carbocycles. The van der Waals surface area contributed by atoms with Crippen molar-refractivity contribution in [1.29, 1.82) is 0 Å². The summed E-state index contributed by atoms with van der Waals surface area (Å²) < 4.78 is 5.16. The van der Waals surface area contributed by atoms with Crippen LogP contribution in [0.3, 0.4) is 0 Å². The Hall–Kier alpha value is -1.16. The molecule has 0 aliphatic heterocycles. The minimum absolute atomic E-state index is 0. The van der Waals surface area contributed by atoms with E-state index in [4.69, 9.17) is 4.74 Å². The number of hydrogen-bond acceptors (Lipinski definition) is 1. The molecule has 2 rings (SSSR count). The third kappa shape index (κ3) is 2.89. The van der Waals surface area contributed by atoms with Gasteiger partial charge in [0.2, 0.25) is 0 Å². The van der Waals surface area contributed by atoms with Crippen LogP contribution in [-0.2, 0) is 0 Å². The van der Waals surface area contributed by atoms with Crippen LogP contribution in [0.2, 0.25) is 0 Å². The fourth-order valence-corrected chi connectivity index (χ4v) is 1.36. The Balaban J connectivity index is 0.00000112. The smallest absolute Gasteiger partial charge is 0.516 e. The van der Waals surface area contributed by atoms with E-state index in [-0.39, 0.29) is 18.9 Å². The molecule has 0 aliphatic rings. The van der Waals surface area contributed by atoms with E-state index in [1.165, 1.54) is 0 Å². The SMILES string of the molecule is COc1cc[c-]c(-c2ccccc2)c1.[Li+]. The molecule has 0 radical (unpaired) electrons. The summed E-state index contributed by atoms with van der Waals surface area (Å²) in [6.07, 6.45) is 0. The van der Waals surface area contributed by atoms with Crippen LogP contribution < -0.4 is 23.6 Å². The zero-order valence-electron chi connectivity index (χ0n) is 9.03. The van der Waals surface area contributed by atoms with E-state index in [1.54, 1.807) is 7.11 Å². The van der Waals surface area contributed by atoms with Gasteiger partial charge in [0, 0.05) is 5.75 Å². The average molecular weight is 190 g/mol. The molecule has 2 heteroatoms. The van der Waals surface area contributed by atoms with Gasteiger partial charge in [0.25, 0.3) is 0 Å². The molecular formula is C13H11LiO. The molecule has 0 fully saturated rings. The molecule has 0 aromatic heterocycles. The first-order chi connectivity index (χ1) is 6.90. The van der Waals surface area contributed by atoms with Crippen molar-refractivity contribution < 1.29 is 23.6 Å². The summed E-state index contributed by atoms with van der Waals surface area (Å²) in [5.41, 5.74) is 2.22. The molecule has 2 aromatic carbocycles. The maximum atomic E-state index is 5.16. The van der Waals surface area contributed by atoms with Gasteiger partial charge in [0.1, 0.15) is 0 Å². The first-order valence-corrected chi connectivity index (χ1v) is 4.51. The number of hydrogen-bond donors (Lipinski definition) is 0. The van der Waals surface area contributed by atoms with Crippen molar-refractivity contribution in [3.8, 4) is 16.9 Å². The van der Waals surface area contributed by atoms with Crippen molar-refractivity contribution >= 4 is 0 Å². The van der Waals surface area contributed by atoms with Gasteiger partial charge < -0.3 is 4.74 Å². The fourth-order valence-electron chi connectivity index (χ4n) is 1.36. The summed E-state index contributed by atoms with van der Waals surface area (Å²) in [5, 5.41) is 0. The Bertz CT molecular complexity index is 412. The standard InChI is InChI=1S/C13H11O.Li/c1-14-13-9-5-8-12(10-13)11-6-3-2-4-7-11;/h2-7,9-10H,1H3;/q-1;+1. The Labute approximate surface area is 102 Å². The van der Waals surface area contributed by atoms with Crippen LogP contribution >= 0.6 is 0 Å². The van der Waals surface area contributed by atoms with Gasteiger partial charge in [0.05, 0.1) is 7.11 Å². The minimum atomic E-state index is 0. The maximum absolute atomic E-state index is 5.16. The predicted molar refractivity (Wildman–Crippen MR) is 57.3 cm³/mol. The van der Waals surface area contributed by atoms with E-state index < -0.39 is 0 Å². The van der Waals surface area contributed by atoms with Crippen molar-refractivity contribution in [2.45, 2.75) is 0 Å². The summed E-state index contributed by atoms with van der Waals surface area (Å²) in [6, 6.07) is 19.1. The normalized spacial score (nSPS) is 9.13. The third-order valence-corrected chi connectivity index (χ3v) is 2.09. The zero-order valence-corrected chi connectivity index (χ0v) is 9.03. The van der Waals surface area contributed by atoms with Crippen molar-refractivity contribution in [2.75, 3.05) is 7.11 Å². The number of ether oxygens (including phenoxy) is 1. The van der Waals surface area contributed by atoms with Gasteiger partial charge in [-0.15, -0.1) is 29.8 Å². The van der Waals surface area contributed by atoms with Gasteiger partial charge in [-0.2, -0.15) is 0 Å². The molecular weight excluding hydrogens is 179 g/mol. The van der Waals surface area contributed by atoms with E-state index in [0.29, 0.717) is 0 Å². The van der Waals surface area contributed by atoms with Crippen LogP contribution in [0.5, 0.6) is 5.75 Å². The minimum Gasteiger partial charge on any atom is -0.516 e. The Morgan fingerprint density at radius 2 is 1.80 bits per heavy atom. The van der Waals surface area contributed by atoms with Crippen LogP contribution in [0.4, 0.5) is 0 Å². The van der Waals surface area contributed by atoms with Gasteiger partial charge in [0.15, 0.2) is 0 Å². The van der Waals surface area contributed by atoms with E-state index in [9.17, 15) is 0 Å². The second kappa shape index (κ2) is 5.65. The Morgan fingerprint density at radius 1 is 1.07 bits per heavy atom. The van der Waals surface area contributed by atoms with Gasteiger partial charge >= 0.3 is 18.9 Å². The van der Waals surface area contributed by atoms with Crippen molar-refractivity contribution in [3.63, 3.8) is 0 Å². The van der Waals surface area contributed by atoms with Crippen LogP contribution in [0, 0.1) is 6.07 Å². The summed E-state index contributed by atoms with van der Waals surface area (Å²) in [6.45, 7) is 0. The summed E-state index contributed by atoms with van der Waals surface area (Å²) in [5.74, 6) is 0.864. The van der Waals surface area contributed by atoms with Crippen LogP contribution in [-0.4, -0.2) is 7.11 Å². The molecule has 0 saturated heterocycles. The van der Waals surface area contributed by atoms with Gasteiger partial charge in [-0.25, -0.2) is 0 Å². The fraction of sp³-hybridized carbons (Fsp3) is 0.0769. The van der Waals surface area contributed by atoms with Crippen molar-refractivity contribution in [3.05, 3.63) is 54.6 Å². The maximum Gasteiger partial charge on any atom is 1.00 e. The largest absolute Gasteiger partial charge is 1.00 e. The van der Waals surface area contributed by atoms with Crippen LogP contribution in [0.25, 0.3) is 11.1 Å². The van der Waals surface area contributed by atoms with Crippen LogP contribution in [0.1, 0.15) is 0 Å². The molecule has 0 atom stereocenters. The summed E-state index contributed by atoms with van der Waals surface area (Å²) in [7, 11) is 1.67. The monoisotopic (exact) mass is 190 g/mol. The number of rotatable bonds is 2. The van der Waals surface area contributed by atoms with Crippen LogP contribution in [0.15, 0.2) is 48.5 Å². The first-order valence-electron chi connectivity index (χ1n) is 4.51. The zero-order chi connectivity index (χ0) is 9.80. The second-order valence-corrected chi connectivity index (χ2v) is 3.01. The van der Waals surface area contributed by atoms with Crippen molar-refractivity contribution in [2.24, 2.45) is 0 Å². The molecule has 0 heterocycles. The molecule has 2 aromatic rings. The molecule has 0 spiro atoms. The van der Waals surface area contributed by atoms with Crippen molar-refractivity contribution in [1.82, 2.24) is 0 Å². The van der Waals surface area contributed by atoms with Gasteiger partial charge in [-0.05, 0) is 0 Å². The van der Waals surface area contributed by atoms with E-state index in [2.05, 4.69) is 18.2 Å². The third-order valence-electron chi connectivity index (χ3n) is 2.09. The molecule has 1 nitrogen and oxygen atoms in total. The van der Waals surface area contributed by atoms with E-state index in [1.807, 2.05) is 36.4 Å². The number of benzene rings is 2. The summed E-state index contributed by atoms with van der Waals surface area (Å²) in [4.78, 5) is 0. The first kappa shape index (κ1) is 11.9. The quantitative estimate of drug-likeness (QED) is 0.484. The summed E-state index contributed by atoms with van der Waals surface area (Å²) >= 11 is 0. The van der Waals surface area contributed by atoms with E-state index >= 15 is 0 Å². The van der Waals surface area contributed by atoms with Gasteiger partial charge in [-0.3, -0.25) is 0 Å². The molecule has 0 N–H and O–H groups in total. The predicted octanol–water partition coefficient (Wildman–Crippen LogP) is 0.166.